The standard InChI is InChI=1S/C15H19N3O/c1-4-16-15(12-8-6-5-7-11(12)2)13-9-10-14(19-3)18-17-13/h5-10,15-16H,4H2,1-3H3. The molecule has 1 aromatic heterocycles. The summed E-state index contributed by atoms with van der Waals surface area (Å²) >= 11 is 0. The van der Waals surface area contributed by atoms with E-state index in [1.807, 2.05) is 24.3 Å². The van der Waals surface area contributed by atoms with Gasteiger partial charge in [0.1, 0.15) is 0 Å². The molecule has 1 aromatic carbocycles. The number of methoxy groups -OCH3 is 1. The number of aromatic nitrogens is 2. The largest absolute Gasteiger partial charge is 0.480 e. The van der Waals surface area contributed by atoms with Crippen LogP contribution >= 0.6 is 0 Å². The molecule has 0 saturated heterocycles. The van der Waals surface area contributed by atoms with E-state index in [1.165, 1.54) is 11.1 Å². The van der Waals surface area contributed by atoms with Gasteiger partial charge in [0.15, 0.2) is 0 Å². The van der Waals surface area contributed by atoms with Gasteiger partial charge in [-0.25, -0.2) is 0 Å². The van der Waals surface area contributed by atoms with Crippen molar-refractivity contribution in [2.24, 2.45) is 0 Å². The molecule has 0 aliphatic rings. The second-order valence-corrected chi connectivity index (χ2v) is 4.35. The van der Waals surface area contributed by atoms with Crippen LogP contribution in [0.15, 0.2) is 36.4 Å². The molecule has 0 aliphatic carbocycles. The number of rotatable bonds is 5. The lowest BCUT2D eigenvalue weighted by Gasteiger charge is -2.19. The van der Waals surface area contributed by atoms with Gasteiger partial charge in [-0.05, 0) is 30.7 Å². The van der Waals surface area contributed by atoms with Crippen molar-refractivity contribution in [3.63, 3.8) is 0 Å². The first-order valence-corrected chi connectivity index (χ1v) is 6.42. The molecule has 100 valence electrons. The lowest BCUT2D eigenvalue weighted by Crippen LogP contribution is -2.24. The molecule has 0 fully saturated rings. The van der Waals surface area contributed by atoms with Gasteiger partial charge in [0.05, 0.1) is 18.8 Å². The lowest BCUT2D eigenvalue weighted by atomic mass is 9.98. The van der Waals surface area contributed by atoms with E-state index in [9.17, 15) is 0 Å². The summed E-state index contributed by atoms with van der Waals surface area (Å²) in [6, 6.07) is 12.2. The molecule has 1 heterocycles. The first-order chi connectivity index (χ1) is 9.26. The number of benzene rings is 1. The zero-order valence-electron chi connectivity index (χ0n) is 11.6. The van der Waals surface area contributed by atoms with Crippen molar-refractivity contribution in [3.05, 3.63) is 53.2 Å². The summed E-state index contributed by atoms with van der Waals surface area (Å²) in [6.07, 6.45) is 0. The number of nitrogens with one attached hydrogen (secondary N) is 1. The predicted molar refractivity (Wildman–Crippen MR) is 75.3 cm³/mol. The molecule has 0 bridgehead atoms. The van der Waals surface area contributed by atoms with Crippen molar-refractivity contribution in [1.29, 1.82) is 0 Å². The molecule has 2 rings (SSSR count). The topological polar surface area (TPSA) is 47.0 Å². The van der Waals surface area contributed by atoms with Crippen LogP contribution in [0.5, 0.6) is 5.88 Å². The van der Waals surface area contributed by atoms with Crippen LogP contribution in [-0.2, 0) is 0 Å². The van der Waals surface area contributed by atoms with E-state index in [2.05, 4.69) is 41.5 Å². The van der Waals surface area contributed by atoms with Crippen LogP contribution in [0.4, 0.5) is 0 Å². The molecular weight excluding hydrogens is 238 g/mol. The summed E-state index contributed by atoms with van der Waals surface area (Å²) in [5.41, 5.74) is 3.37. The number of nitrogens with zero attached hydrogens (tertiary/aromatic N) is 2. The van der Waals surface area contributed by atoms with Gasteiger partial charge in [-0.15, -0.1) is 10.2 Å². The first-order valence-electron chi connectivity index (χ1n) is 6.42. The molecule has 0 aliphatic heterocycles. The summed E-state index contributed by atoms with van der Waals surface area (Å²) in [6.45, 7) is 5.06. The first kappa shape index (κ1) is 13.5. The quantitative estimate of drug-likeness (QED) is 0.894. The second kappa shape index (κ2) is 6.29. The van der Waals surface area contributed by atoms with Crippen molar-refractivity contribution in [2.75, 3.05) is 13.7 Å². The van der Waals surface area contributed by atoms with Crippen LogP contribution in [0.3, 0.4) is 0 Å². The van der Waals surface area contributed by atoms with Gasteiger partial charge < -0.3 is 10.1 Å². The Balaban J connectivity index is 2.36. The van der Waals surface area contributed by atoms with Crippen LogP contribution < -0.4 is 10.1 Å². The molecule has 0 spiro atoms. The number of ether oxygens (including phenoxy) is 1. The minimum absolute atomic E-state index is 0.0598. The van der Waals surface area contributed by atoms with E-state index in [0.29, 0.717) is 5.88 Å². The van der Waals surface area contributed by atoms with Gasteiger partial charge in [0.25, 0.3) is 0 Å². The molecule has 1 N–H and O–H groups in total. The summed E-state index contributed by atoms with van der Waals surface area (Å²) in [7, 11) is 1.59. The van der Waals surface area contributed by atoms with Gasteiger partial charge in [0.2, 0.25) is 5.88 Å². The van der Waals surface area contributed by atoms with E-state index in [0.717, 1.165) is 12.2 Å². The third kappa shape index (κ3) is 3.09. The zero-order valence-corrected chi connectivity index (χ0v) is 11.6. The maximum atomic E-state index is 5.04. The van der Waals surface area contributed by atoms with Gasteiger partial charge in [0, 0.05) is 6.07 Å². The third-order valence-corrected chi connectivity index (χ3v) is 3.07. The highest BCUT2D eigenvalue weighted by molar-refractivity contribution is 5.34. The second-order valence-electron chi connectivity index (χ2n) is 4.35. The van der Waals surface area contributed by atoms with Crippen molar-refractivity contribution < 1.29 is 4.74 Å². The molecule has 2 aromatic rings. The van der Waals surface area contributed by atoms with E-state index >= 15 is 0 Å². The maximum Gasteiger partial charge on any atom is 0.233 e. The fourth-order valence-corrected chi connectivity index (χ4v) is 2.08. The maximum absolute atomic E-state index is 5.04. The van der Waals surface area contributed by atoms with Gasteiger partial charge >= 0.3 is 0 Å². The molecular formula is C15H19N3O. The van der Waals surface area contributed by atoms with Crippen LogP contribution in [0.2, 0.25) is 0 Å². The average molecular weight is 257 g/mol. The van der Waals surface area contributed by atoms with Crippen LogP contribution in [0.1, 0.15) is 29.8 Å². The molecule has 0 radical (unpaired) electrons. The van der Waals surface area contributed by atoms with Crippen LogP contribution in [0, 0.1) is 6.92 Å². The monoisotopic (exact) mass is 257 g/mol. The molecule has 0 amide bonds. The van der Waals surface area contributed by atoms with Crippen molar-refractivity contribution in [1.82, 2.24) is 15.5 Å². The Kier molecular flexibility index (Phi) is 4.47. The molecule has 1 atom stereocenters. The van der Waals surface area contributed by atoms with Gasteiger partial charge in [-0.1, -0.05) is 31.2 Å². The Labute approximate surface area is 113 Å². The van der Waals surface area contributed by atoms with E-state index < -0.39 is 0 Å². The lowest BCUT2D eigenvalue weighted by molar-refractivity contribution is 0.390. The van der Waals surface area contributed by atoms with Crippen LogP contribution in [0.25, 0.3) is 0 Å². The minimum atomic E-state index is 0.0598. The van der Waals surface area contributed by atoms with Gasteiger partial charge in [-0.3, -0.25) is 0 Å². The van der Waals surface area contributed by atoms with E-state index in [-0.39, 0.29) is 6.04 Å². The summed E-state index contributed by atoms with van der Waals surface area (Å²) in [5, 5.41) is 11.7. The van der Waals surface area contributed by atoms with Crippen molar-refractivity contribution in [2.45, 2.75) is 19.9 Å². The smallest absolute Gasteiger partial charge is 0.233 e. The van der Waals surface area contributed by atoms with Gasteiger partial charge in [-0.2, -0.15) is 0 Å². The molecule has 1 unspecified atom stereocenters. The fourth-order valence-electron chi connectivity index (χ4n) is 2.08. The molecule has 19 heavy (non-hydrogen) atoms. The van der Waals surface area contributed by atoms with Crippen molar-refractivity contribution in [3.8, 4) is 5.88 Å². The fraction of sp³-hybridized carbons (Fsp3) is 0.333. The Morgan fingerprint density at radius 3 is 2.53 bits per heavy atom. The Morgan fingerprint density at radius 2 is 1.95 bits per heavy atom. The molecule has 4 heteroatoms. The SMILES string of the molecule is CCNC(c1ccc(OC)nn1)c1ccccc1C. The Morgan fingerprint density at radius 1 is 1.16 bits per heavy atom. The highest BCUT2D eigenvalue weighted by Crippen LogP contribution is 2.23. The number of aryl methyl sites for hydroxylation is 1. The predicted octanol–water partition coefficient (Wildman–Crippen LogP) is 2.49. The van der Waals surface area contributed by atoms with E-state index in [1.54, 1.807) is 7.11 Å². The average Bonchev–Trinajstić information content (AvgIpc) is 2.46. The Hall–Kier alpha value is -1.94. The third-order valence-electron chi connectivity index (χ3n) is 3.07. The minimum Gasteiger partial charge on any atom is -0.480 e. The Bertz CT molecular complexity index is 525. The molecule has 0 saturated carbocycles. The number of hydrogen-bond acceptors (Lipinski definition) is 4. The summed E-state index contributed by atoms with van der Waals surface area (Å²) in [4.78, 5) is 0. The van der Waals surface area contributed by atoms with Crippen molar-refractivity contribution >= 4 is 0 Å². The highest BCUT2D eigenvalue weighted by atomic mass is 16.5. The summed E-state index contributed by atoms with van der Waals surface area (Å²) < 4.78 is 5.04. The van der Waals surface area contributed by atoms with Crippen LogP contribution in [-0.4, -0.2) is 23.9 Å². The normalized spacial score (nSPS) is 12.2. The van der Waals surface area contributed by atoms with E-state index in [4.69, 9.17) is 4.74 Å². The zero-order chi connectivity index (χ0) is 13.7. The number of hydrogen-bond donors (Lipinski definition) is 1. The summed E-state index contributed by atoms with van der Waals surface area (Å²) in [5.74, 6) is 0.531. The molecule has 4 nitrogen and oxygen atoms in total. The highest BCUT2D eigenvalue weighted by Gasteiger charge is 2.16.